The number of nitrogens with one attached hydrogen (secondary N) is 4. The Morgan fingerprint density at radius 3 is 2.33 bits per heavy atom. The van der Waals surface area contributed by atoms with E-state index < -0.39 is 29.4 Å². The van der Waals surface area contributed by atoms with Crippen LogP contribution in [0.3, 0.4) is 0 Å². The Balaban J connectivity index is 1.30. The van der Waals surface area contributed by atoms with Gasteiger partial charge in [-0.05, 0) is 47.7 Å². The Hall–Kier alpha value is -4.90. The molecule has 0 aromatic heterocycles. The lowest BCUT2D eigenvalue weighted by Gasteiger charge is -2.37. The molecular formula is C32H35N5O6. The number of nitrogen functional groups attached to an aromatic ring is 1. The van der Waals surface area contributed by atoms with E-state index in [-0.39, 0.29) is 24.9 Å². The first-order chi connectivity index (χ1) is 20.6. The molecule has 0 radical (unpaired) electrons. The number of carbonyl (C=O) groups is 4. The second kappa shape index (κ2) is 12.1. The average Bonchev–Trinajstić information content (AvgIpc) is 3.34. The number of nitrogens with two attached hydrogens (primary N) is 1. The van der Waals surface area contributed by atoms with Crippen LogP contribution in [-0.2, 0) is 36.1 Å². The van der Waals surface area contributed by atoms with Crippen molar-refractivity contribution in [1.29, 1.82) is 0 Å². The summed E-state index contributed by atoms with van der Waals surface area (Å²) >= 11 is 0. The van der Waals surface area contributed by atoms with E-state index in [2.05, 4.69) is 21.3 Å². The average molecular weight is 586 g/mol. The Labute approximate surface area is 249 Å². The molecule has 3 aromatic carbocycles. The molecule has 1 spiro atoms. The molecule has 0 saturated heterocycles. The molecule has 4 amide bonds. The number of ether oxygens (including phenoxy) is 2. The second-order valence-corrected chi connectivity index (χ2v) is 11.1. The highest BCUT2D eigenvalue weighted by Gasteiger charge is 2.49. The molecule has 3 aromatic rings. The van der Waals surface area contributed by atoms with Gasteiger partial charge in [0.05, 0.1) is 19.7 Å². The lowest BCUT2D eigenvalue weighted by molar-refractivity contribution is -0.130. The fraction of sp³-hybridized carbons (Fsp3) is 0.312. The molecule has 0 bridgehead atoms. The quantitative estimate of drug-likeness (QED) is 0.241. The second-order valence-electron chi connectivity index (χ2n) is 11.1. The summed E-state index contributed by atoms with van der Waals surface area (Å²) in [5, 5.41) is 10.4. The predicted octanol–water partition coefficient (Wildman–Crippen LogP) is 2.92. The highest BCUT2D eigenvalue weighted by Crippen LogP contribution is 2.56. The van der Waals surface area contributed by atoms with Crippen molar-refractivity contribution >= 4 is 35.0 Å². The van der Waals surface area contributed by atoms with E-state index in [4.69, 9.17) is 15.2 Å². The maximum absolute atomic E-state index is 12.9. The Morgan fingerprint density at radius 1 is 0.884 bits per heavy atom. The zero-order valence-electron chi connectivity index (χ0n) is 24.3. The summed E-state index contributed by atoms with van der Waals surface area (Å²) in [6.07, 6.45) is 0.361. The molecule has 0 fully saturated rings. The number of fused-ring (bicyclic) bond motifs is 6. The molecule has 0 saturated carbocycles. The Morgan fingerprint density at radius 2 is 1.58 bits per heavy atom. The largest absolute Gasteiger partial charge is 0.456 e. The summed E-state index contributed by atoms with van der Waals surface area (Å²) in [6, 6.07) is 18.0. The van der Waals surface area contributed by atoms with E-state index in [9.17, 15) is 19.2 Å². The van der Waals surface area contributed by atoms with E-state index in [1.165, 1.54) is 6.92 Å². The van der Waals surface area contributed by atoms with E-state index in [0.717, 1.165) is 22.3 Å². The summed E-state index contributed by atoms with van der Waals surface area (Å²) in [6.45, 7) is 5.00. The van der Waals surface area contributed by atoms with Gasteiger partial charge in [0.1, 0.15) is 17.5 Å². The van der Waals surface area contributed by atoms with E-state index in [1.54, 1.807) is 18.2 Å². The number of rotatable bonds is 9. The maximum Gasteiger partial charge on any atom is 0.243 e. The van der Waals surface area contributed by atoms with Crippen molar-refractivity contribution in [3.63, 3.8) is 0 Å². The van der Waals surface area contributed by atoms with Crippen molar-refractivity contribution < 1.29 is 28.7 Å². The Bertz CT molecular complexity index is 1590. The van der Waals surface area contributed by atoms with Crippen LogP contribution in [0.2, 0.25) is 0 Å². The zero-order chi connectivity index (χ0) is 30.7. The highest BCUT2D eigenvalue weighted by atomic mass is 16.5. The summed E-state index contributed by atoms with van der Waals surface area (Å²) in [5.41, 5.74) is 9.95. The van der Waals surface area contributed by atoms with Gasteiger partial charge in [0.2, 0.25) is 23.6 Å². The van der Waals surface area contributed by atoms with Crippen LogP contribution in [0.1, 0.15) is 49.4 Å². The first kappa shape index (κ1) is 29.6. The molecule has 224 valence electrons. The van der Waals surface area contributed by atoms with E-state index in [0.29, 0.717) is 35.9 Å². The smallest absolute Gasteiger partial charge is 0.243 e. The normalized spacial score (nSPS) is 16.7. The Kier molecular flexibility index (Phi) is 8.36. The third-order valence-electron chi connectivity index (χ3n) is 7.37. The van der Waals surface area contributed by atoms with Crippen LogP contribution >= 0.6 is 0 Å². The van der Waals surface area contributed by atoms with Crippen LogP contribution in [-0.4, -0.2) is 42.8 Å². The van der Waals surface area contributed by atoms with Crippen molar-refractivity contribution in [3.05, 3.63) is 82.9 Å². The van der Waals surface area contributed by atoms with Gasteiger partial charge in [-0.25, -0.2) is 0 Å². The van der Waals surface area contributed by atoms with Crippen molar-refractivity contribution in [3.8, 4) is 11.5 Å². The summed E-state index contributed by atoms with van der Waals surface area (Å²) in [4.78, 5) is 49.0. The number of anilines is 2. The number of hydrogen-bond acceptors (Lipinski definition) is 7. The lowest BCUT2D eigenvalue weighted by atomic mass is 9.77. The molecule has 2 aliphatic heterocycles. The minimum Gasteiger partial charge on any atom is -0.456 e. The van der Waals surface area contributed by atoms with Gasteiger partial charge in [0.25, 0.3) is 0 Å². The van der Waals surface area contributed by atoms with Gasteiger partial charge in [-0.3, -0.25) is 19.2 Å². The van der Waals surface area contributed by atoms with Crippen LogP contribution in [0.5, 0.6) is 11.5 Å². The fourth-order valence-corrected chi connectivity index (χ4v) is 5.50. The molecule has 2 aliphatic rings. The molecular weight excluding hydrogens is 550 g/mol. The number of benzene rings is 3. The molecule has 5 rings (SSSR count). The molecule has 2 unspecified atom stereocenters. The van der Waals surface area contributed by atoms with Gasteiger partial charge in [-0.1, -0.05) is 38.1 Å². The van der Waals surface area contributed by atoms with Crippen LogP contribution in [0.4, 0.5) is 11.4 Å². The number of carbonyl (C=O) groups excluding carboxylic acids is 4. The maximum atomic E-state index is 12.9. The first-order valence-corrected chi connectivity index (χ1v) is 14.1. The van der Waals surface area contributed by atoms with Crippen LogP contribution < -0.4 is 31.7 Å². The summed E-state index contributed by atoms with van der Waals surface area (Å²) in [7, 11) is 0. The van der Waals surface area contributed by atoms with Crippen molar-refractivity contribution in [2.24, 2.45) is 5.92 Å². The highest BCUT2D eigenvalue weighted by molar-refractivity contribution is 5.96. The molecule has 2 heterocycles. The van der Waals surface area contributed by atoms with Crippen molar-refractivity contribution in [2.75, 3.05) is 24.1 Å². The fourth-order valence-electron chi connectivity index (χ4n) is 5.50. The van der Waals surface area contributed by atoms with Gasteiger partial charge in [0.15, 0.2) is 5.60 Å². The molecule has 43 heavy (non-hydrogen) atoms. The van der Waals surface area contributed by atoms with E-state index >= 15 is 0 Å². The van der Waals surface area contributed by atoms with E-state index in [1.807, 2.05) is 56.3 Å². The van der Waals surface area contributed by atoms with Crippen molar-refractivity contribution in [1.82, 2.24) is 16.0 Å². The standard InChI is InChI=1S/C32H35N5O6/c1-18(2)12-26(37-30(40)15-34-19(3)38)31(41)35-16-29(39)36-22-9-11-25-28(14-22)43-27-13-21(33)8-10-24(27)32(25)23-7-5-4-6-20(23)17-42-32/h4-11,13-14,18,26H,12,15-17,33H2,1-3H3,(H,34,38)(H,35,41)(H,36,39)(H,37,40). The van der Waals surface area contributed by atoms with Gasteiger partial charge < -0.3 is 36.5 Å². The molecule has 6 N–H and O–H groups in total. The topological polar surface area (TPSA) is 161 Å². The molecule has 11 nitrogen and oxygen atoms in total. The zero-order valence-corrected chi connectivity index (χ0v) is 24.3. The monoisotopic (exact) mass is 585 g/mol. The van der Waals surface area contributed by atoms with Gasteiger partial charge >= 0.3 is 0 Å². The molecule has 11 heteroatoms. The third-order valence-corrected chi connectivity index (χ3v) is 7.37. The third kappa shape index (κ3) is 6.17. The minimum atomic E-state index is -0.889. The van der Waals surface area contributed by atoms with Crippen LogP contribution in [0.15, 0.2) is 60.7 Å². The van der Waals surface area contributed by atoms with Gasteiger partial charge in [-0.15, -0.1) is 0 Å². The number of hydrogen-bond donors (Lipinski definition) is 5. The SMILES string of the molecule is CC(=O)NCC(=O)NC(CC(C)C)C(=O)NCC(=O)Nc1ccc2c(c1)Oc1cc(N)ccc1C21OCc2ccccc21. The minimum absolute atomic E-state index is 0.0979. The summed E-state index contributed by atoms with van der Waals surface area (Å²) in [5.74, 6) is -0.633. The lowest BCUT2D eigenvalue weighted by Crippen LogP contribution is -2.51. The first-order valence-electron chi connectivity index (χ1n) is 14.1. The number of amides is 4. The molecule has 2 atom stereocenters. The predicted molar refractivity (Wildman–Crippen MR) is 160 cm³/mol. The molecule has 0 aliphatic carbocycles. The van der Waals surface area contributed by atoms with Gasteiger partial charge in [-0.2, -0.15) is 0 Å². The van der Waals surface area contributed by atoms with Crippen LogP contribution in [0.25, 0.3) is 0 Å². The van der Waals surface area contributed by atoms with Crippen LogP contribution in [0, 0.1) is 5.92 Å². The van der Waals surface area contributed by atoms with Crippen molar-refractivity contribution in [2.45, 2.75) is 45.4 Å². The summed E-state index contributed by atoms with van der Waals surface area (Å²) < 4.78 is 12.8. The van der Waals surface area contributed by atoms with Gasteiger partial charge in [0, 0.05) is 41.6 Å².